The number of thioether (sulfide) groups is 1. The molecule has 3 nitrogen and oxygen atoms in total. The largest absolute Gasteiger partial charge is 0.352 e. The van der Waals surface area contributed by atoms with Gasteiger partial charge >= 0.3 is 0 Å². The van der Waals surface area contributed by atoms with Crippen molar-refractivity contribution in [3.8, 4) is 0 Å². The van der Waals surface area contributed by atoms with E-state index < -0.39 is 6.04 Å². The molecule has 1 aromatic rings. The lowest BCUT2D eigenvalue weighted by Gasteiger charge is -2.17. The SMILES string of the molecule is CCSCCC(C)NC(=O)C(N)c1ccc(C)cc1. The van der Waals surface area contributed by atoms with E-state index in [2.05, 4.69) is 12.2 Å². The summed E-state index contributed by atoms with van der Waals surface area (Å²) in [6.07, 6.45) is 0.977. The molecular formula is C15H24N2OS. The third-order valence-electron chi connectivity index (χ3n) is 3.01. The maximum atomic E-state index is 12.0. The second-order valence-electron chi connectivity index (χ2n) is 4.78. The quantitative estimate of drug-likeness (QED) is 0.755. The summed E-state index contributed by atoms with van der Waals surface area (Å²) >= 11 is 1.89. The van der Waals surface area contributed by atoms with Crippen LogP contribution in [0.15, 0.2) is 24.3 Å². The predicted octanol–water partition coefficient (Wildman–Crippen LogP) is 2.64. The number of amides is 1. The summed E-state index contributed by atoms with van der Waals surface area (Å²) in [5.41, 5.74) is 8.00. The van der Waals surface area contributed by atoms with Crippen LogP contribution < -0.4 is 11.1 Å². The Morgan fingerprint density at radius 3 is 2.58 bits per heavy atom. The molecule has 0 aromatic heterocycles. The number of benzene rings is 1. The summed E-state index contributed by atoms with van der Waals surface area (Å²) in [5, 5.41) is 2.97. The molecule has 19 heavy (non-hydrogen) atoms. The normalized spacial score (nSPS) is 13.9. The van der Waals surface area contributed by atoms with Gasteiger partial charge < -0.3 is 11.1 Å². The molecule has 0 saturated heterocycles. The molecule has 3 N–H and O–H groups in total. The van der Waals surface area contributed by atoms with Crippen LogP contribution in [-0.4, -0.2) is 23.5 Å². The molecule has 1 rings (SSSR count). The summed E-state index contributed by atoms with van der Waals surface area (Å²) in [5.74, 6) is 2.08. The van der Waals surface area contributed by atoms with Gasteiger partial charge in [0.25, 0.3) is 0 Å². The Balaban J connectivity index is 2.46. The molecule has 1 aromatic carbocycles. The van der Waals surface area contributed by atoms with E-state index in [9.17, 15) is 4.79 Å². The van der Waals surface area contributed by atoms with Gasteiger partial charge in [-0.05, 0) is 37.3 Å². The standard InChI is InChI=1S/C15H24N2OS/c1-4-19-10-9-12(3)17-15(18)14(16)13-7-5-11(2)6-8-13/h5-8,12,14H,4,9-10,16H2,1-3H3,(H,17,18). The van der Waals surface area contributed by atoms with Crippen LogP contribution in [-0.2, 0) is 4.79 Å². The van der Waals surface area contributed by atoms with Crippen LogP contribution in [0, 0.1) is 6.92 Å². The van der Waals surface area contributed by atoms with Gasteiger partial charge in [-0.2, -0.15) is 11.8 Å². The van der Waals surface area contributed by atoms with Gasteiger partial charge in [-0.3, -0.25) is 4.79 Å². The van der Waals surface area contributed by atoms with Gasteiger partial charge in [-0.1, -0.05) is 36.8 Å². The zero-order valence-corrected chi connectivity index (χ0v) is 12.8. The molecule has 0 aliphatic carbocycles. The molecule has 0 spiro atoms. The summed E-state index contributed by atoms with van der Waals surface area (Å²) in [7, 11) is 0. The van der Waals surface area contributed by atoms with E-state index in [1.807, 2.05) is 49.9 Å². The van der Waals surface area contributed by atoms with Crippen molar-refractivity contribution in [2.45, 2.75) is 39.3 Å². The molecule has 0 bridgehead atoms. The van der Waals surface area contributed by atoms with E-state index in [1.165, 1.54) is 5.56 Å². The molecule has 0 aliphatic rings. The van der Waals surface area contributed by atoms with Crippen molar-refractivity contribution in [3.63, 3.8) is 0 Å². The van der Waals surface area contributed by atoms with Crippen LogP contribution in [0.5, 0.6) is 0 Å². The molecule has 0 fully saturated rings. The molecule has 0 saturated carbocycles. The van der Waals surface area contributed by atoms with Crippen LogP contribution in [0.2, 0.25) is 0 Å². The van der Waals surface area contributed by atoms with E-state index >= 15 is 0 Å². The van der Waals surface area contributed by atoms with Crippen LogP contribution in [0.1, 0.15) is 37.4 Å². The van der Waals surface area contributed by atoms with E-state index in [0.717, 1.165) is 23.5 Å². The third kappa shape index (κ3) is 5.66. The van der Waals surface area contributed by atoms with Gasteiger partial charge in [-0.15, -0.1) is 0 Å². The number of rotatable bonds is 7. The fourth-order valence-corrected chi connectivity index (χ4v) is 2.54. The smallest absolute Gasteiger partial charge is 0.241 e. The van der Waals surface area contributed by atoms with Gasteiger partial charge in [0.05, 0.1) is 0 Å². The Hall–Kier alpha value is -1.00. The molecule has 2 atom stereocenters. The number of hydrogen-bond acceptors (Lipinski definition) is 3. The molecule has 4 heteroatoms. The van der Waals surface area contributed by atoms with Gasteiger partial charge in [-0.25, -0.2) is 0 Å². The number of nitrogens with one attached hydrogen (secondary N) is 1. The lowest BCUT2D eigenvalue weighted by molar-refractivity contribution is -0.123. The Kier molecular flexibility index (Phi) is 6.95. The predicted molar refractivity (Wildman–Crippen MR) is 83.3 cm³/mol. The fraction of sp³-hybridized carbons (Fsp3) is 0.533. The molecule has 1 amide bonds. The maximum absolute atomic E-state index is 12.0. The minimum absolute atomic E-state index is 0.0992. The number of hydrogen-bond donors (Lipinski definition) is 2. The zero-order valence-electron chi connectivity index (χ0n) is 12.0. The molecule has 0 aliphatic heterocycles. The van der Waals surface area contributed by atoms with E-state index in [-0.39, 0.29) is 11.9 Å². The Morgan fingerprint density at radius 2 is 2.00 bits per heavy atom. The van der Waals surface area contributed by atoms with Crippen LogP contribution in [0.4, 0.5) is 0 Å². The Morgan fingerprint density at radius 1 is 1.37 bits per heavy atom. The fourth-order valence-electron chi connectivity index (χ4n) is 1.73. The number of aryl methyl sites for hydroxylation is 1. The second-order valence-corrected chi connectivity index (χ2v) is 6.18. The summed E-state index contributed by atoms with van der Waals surface area (Å²) < 4.78 is 0. The number of nitrogens with two attached hydrogens (primary N) is 1. The van der Waals surface area contributed by atoms with Crippen molar-refractivity contribution in [1.82, 2.24) is 5.32 Å². The maximum Gasteiger partial charge on any atom is 0.241 e. The van der Waals surface area contributed by atoms with Crippen molar-refractivity contribution in [1.29, 1.82) is 0 Å². The molecular weight excluding hydrogens is 256 g/mol. The van der Waals surface area contributed by atoms with Crippen molar-refractivity contribution in [2.75, 3.05) is 11.5 Å². The highest BCUT2D eigenvalue weighted by Gasteiger charge is 2.17. The highest BCUT2D eigenvalue weighted by atomic mass is 32.2. The number of carbonyl (C=O) groups is 1. The van der Waals surface area contributed by atoms with E-state index in [1.54, 1.807) is 0 Å². The first-order chi connectivity index (χ1) is 9.04. The molecule has 0 radical (unpaired) electrons. The third-order valence-corrected chi connectivity index (χ3v) is 3.94. The van der Waals surface area contributed by atoms with Crippen LogP contribution in [0.25, 0.3) is 0 Å². The Bertz CT molecular complexity index is 392. The monoisotopic (exact) mass is 280 g/mol. The highest BCUT2D eigenvalue weighted by molar-refractivity contribution is 7.99. The van der Waals surface area contributed by atoms with Crippen molar-refractivity contribution in [2.24, 2.45) is 5.73 Å². The van der Waals surface area contributed by atoms with E-state index in [0.29, 0.717) is 0 Å². The van der Waals surface area contributed by atoms with Crippen LogP contribution >= 0.6 is 11.8 Å². The second kappa shape index (κ2) is 8.23. The summed E-state index contributed by atoms with van der Waals surface area (Å²) in [6, 6.07) is 7.37. The van der Waals surface area contributed by atoms with Gasteiger partial charge in [0.2, 0.25) is 5.91 Å². The van der Waals surface area contributed by atoms with Gasteiger partial charge in [0, 0.05) is 6.04 Å². The van der Waals surface area contributed by atoms with Crippen molar-refractivity contribution < 1.29 is 4.79 Å². The van der Waals surface area contributed by atoms with Gasteiger partial charge in [0.1, 0.15) is 6.04 Å². The lowest BCUT2D eigenvalue weighted by Crippen LogP contribution is -2.39. The lowest BCUT2D eigenvalue weighted by atomic mass is 10.0. The van der Waals surface area contributed by atoms with Crippen LogP contribution in [0.3, 0.4) is 0 Å². The van der Waals surface area contributed by atoms with Gasteiger partial charge in [0.15, 0.2) is 0 Å². The average molecular weight is 280 g/mol. The zero-order chi connectivity index (χ0) is 14.3. The minimum Gasteiger partial charge on any atom is -0.352 e. The summed E-state index contributed by atoms with van der Waals surface area (Å²) in [6.45, 7) is 6.18. The Labute approximate surface area is 120 Å². The first-order valence-electron chi connectivity index (χ1n) is 6.74. The van der Waals surface area contributed by atoms with E-state index in [4.69, 9.17) is 5.73 Å². The first-order valence-corrected chi connectivity index (χ1v) is 7.90. The average Bonchev–Trinajstić information content (AvgIpc) is 2.39. The number of carbonyl (C=O) groups excluding carboxylic acids is 1. The summed E-state index contributed by atoms with van der Waals surface area (Å²) in [4.78, 5) is 12.0. The minimum atomic E-state index is -0.582. The first kappa shape index (κ1) is 16.1. The molecule has 2 unspecified atom stereocenters. The topological polar surface area (TPSA) is 55.1 Å². The highest BCUT2D eigenvalue weighted by Crippen LogP contribution is 2.12. The van der Waals surface area contributed by atoms with Crippen molar-refractivity contribution >= 4 is 17.7 Å². The molecule has 0 heterocycles. The van der Waals surface area contributed by atoms with Crippen molar-refractivity contribution in [3.05, 3.63) is 35.4 Å². The molecule has 106 valence electrons.